The minimum absolute atomic E-state index is 0.147. The average molecular weight is 448 g/mol. The Morgan fingerprint density at radius 3 is 2.47 bits per heavy atom. The fourth-order valence-electron chi connectivity index (χ4n) is 4.91. The Kier molecular flexibility index (Phi) is 5.31. The third-order valence-electron chi connectivity index (χ3n) is 6.60. The van der Waals surface area contributed by atoms with Gasteiger partial charge in [-0.3, -0.25) is 4.79 Å². The van der Waals surface area contributed by atoms with E-state index in [9.17, 15) is 13.2 Å². The maximum Gasteiger partial charge on any atom is 0.243 e. The van der Waals surface area contributed by atoms with Crippen LogP contribution >= 0.6 is 0 Å². The first-order valence-corrected chi connectivity index (χ1v) is 12.3. The number of fused-ring (bicyclic) bond motifs is 1. The molecule has 1 saturated heterocycles. The Morgan fingerprint density at radius 2 is 1.75 bits per heavy atom. The van der Waals surface area contributed by atoms with Gasteiger partial charge in [-0.25, -0.2) is 13.1 Å². The Labute approximate surface area is 188 Å². The molecule has 1 unspecified atom stereocenters. The molecule has 0 spiro atoms. The largest absolute Gasteiger partial charge is 0.295 e. The highest BCUT2D eigenvalue weighted by atomic mass is 32.2. The van der Waals surface area contributed by atoms with Crippen LogP contribution in [0.5, 0.6) is 0 Å². The zero-order chi connectivity index (χ0) is 22.2. The monoisotopic (exact) mass is 447 g/mol. The number of ketones is 1. The highest BCUT2D eigenvalue weighted by Crippen LogP contribution is 2.45. The quantitative estimate of drug-likeness (QED) is 0.597. The van der Waals surface area contributed by atoms with Crippen LogP contribution in [0.2, 0.25) is 0 Å². The summed E-state index contributed by atoms with van der Waals surface area (Å²) < 4.78 is 30.4. The first kappa shape index (κ1) is 20.8. The summed E-state index contributed by atoms with van der Waals surface area (Å²) in [5, 5.41) is 4.19. The Hall–Kier alpha value is -3.03. The van der Waals surface area contributed by atoms with Crippen LogP contribution < -0.4 is 0 Å². The third kappa shape index (κ3) is 3.82. The van der Waals surface area contributed by atoms with E-state index in [0.717, 1.165) is 23.2 Å². The standard InChI is InChI=1S/C25H25N3O3S/c29-23-11-13-25(18-20-5-2-1-3-6-20)19-27(16-12-21(25)17-23)32(30,31)24-9-7-22(8-10-24)28-15-4-14-26-28/h1-10,14-15,17H,11-13,16,18-19H2. The number of sulfonamides is 1. The molecule has 1 aromatic heterocycles. The molecule has 3 aromatic rings. The minimum atomic E-state index is -3.65. The summed E-state index contributed by atoms with van der Waals surface area (Å²) in [6, 6.07) is 18.8. The van der Waals surface area contributed by atoms with Crippen molar-refractivity contribution in [2.45, 2.75) is 30.6 Å². The van der Waals surface area contributed by atoms with E-state index in [1.54, 1.807) is 45.5 Å². The molecule has 2 aliphatic rings. The van der Waals surface area contributed by atoms with E-state index in [1.807, 2.05) is 30.5 Å². The summed E-state index contributed by atoms with van der Waals surface area (Å²) >= 11 is 0. The Balaban J connectivity index is 1.45. The molecule has 2 heterocycles. The van der Waals surface area contributed by atoms with Crippen molar-refractivity contribution in [1.29, 1.82) is 0 Å². The second-order valence-corrected chi connectivity index (χ2v) is 10.5. The van der Waals surface area contributed by atoms with Gasteiger partial charge in [-0.2, -0.15) is 9.40 Å². The van der Waals surface area contributed by atoms with Crippen LogP contribution in [-0.4, -0.2) is 41.4 Å². The topological polar surface area (TPSA) is 72.3 Å². The number of rotatable bonds is 5. The molecule has 7 heteroatoms. The van der Waals surface area contributed by atoms with Gasteiger partial charge in [0.2, 0.25) is 10.0 Å². The summed E-state index contributed by atoms with van der Waals surface area (Å²) in [5.41, 5.74) is 2.73. The number of carbonyl (C=O) groups is 1. The van der Waals surface area contributed by atoms with Crippen LogP contribution in [-0.2, 0) is 21.2 Å². The van der Waals surface area contributed by atoms with Gasteiger partial charge in [-0.05, 0) is 61.2 Å². The van der Waals surface area contributed by atoms with Crippen LogP contribution in [0.4, 0.5) is 0 Å². The van der Waals surface area contributed by atoms with Crippen molar-refractivity contribution < 1.29 is 13.2 Å². The third-order valence-corrected chi connectivity index (χ3v) is 8.46. The predicted molar refractivity (Wildman–Crippen MR) is 122 cm³/mol. The van der Waals surface area contributed by atoms with Crippen LogP contribution in [0.25, 0.3) is 5.69 Å². The summed E-state index contributed by atoms with van der Waals surface area (Å²) in [5.74, 6) is 0.147. The van der Waals surface area contributed by atoms with Crippen molar-refractivity contribution in [3.63, 3.8) is 0 Å². The van der Waals surface area contributed by atoms with E-state index < -0.39 is 10.0 Å². The molecule has 1 aliphatic heterocycles. The van der Waals surface area contributed by atoms with E-state index in [1.165, 1.54) is 0 Å². The second kappa shape index (κ2) is 8.15. The Morgan fingerprint density at radius 1 is 0.969 bits per heavy atom. The molecular formula is C25H25N3O3S. The number of benzene rings is 2. The molecule has 0 amide bonds. The number of nitrogens with zero attached hydrogens (tertiary/aromatic N) is 3. The van der Waals surface area contributed by atoms with Crippen LogP contribution in [0.3, 0.4) is 0 Å². The molecular weight excluding hydrogens is 422 g/mol. The molecule has 0 N–H and O–H groups in total. The van der Waals surface area contributed by atoms with Crippen LogP contribution in [0.1, 0.15) is 24.8 Å². The average Bonchev–Trinajstić information content (AvgIpc) is 3.35. The highest BCUT2D eigenvalue weighted by Gasteiger charge is 2.45. The molecule has 1 atom stereocenters. The predicted octanol–water partition coefficient (Wildman–Crippen LogP) is 3.79. The van der Waals surface area contributed by atoms with Gasteiger partial charge >= 0.3 is 0 Å². The number of carbonyl (C=O) groups excluding carboxylic acids is 1. The molecule has 0 bridgehead atoms. The number of piperidine rings is 1. The highest BCUT2D eigenvalue weighted by molar-refractivity contribution is 7.89. The van der Waals surface area contributed by atoms with Gasteiger partial charge in [0, 0.05) is 37.3 Å². The first-order valence-electron chi connectivity index (χ1n) is 10.8. The normalized spacial score (nSPS) is 21.8. The fourth-order valence-corrected chi connectivity index (χ4v) is 6.44. The van der Waals surface area contributed by atoms with Crippen molar-refractivity contribution in [3.05, 3.63) is 90.3 Å². The molecule has 164 valence electrons. The van der Waals surface area contributed by atoms with Crippen LogP contribution in [0, 0.1) is 5.41 Å². The van der Waals surface area contributed by atoms with E-state index in [0.29, 0.717) is 32.4 Å². The van der Waals surface area contributed by atoms with Crippen molar-refractivity contribution in [2.75, 3.05) is 13.1 Å². The summed E-state index contributed by atoms with van der Waals surface area (Å²) in [7, 11) is -3.65. The SMILES string of the molecule is O=C1C=C2CCN(S(=O)(=O)c3ccc(-n4cccn4)cc3)CC2(Cc2ccccc2)CC1. The summed E-state index contributed by atoms with van der Waals surface area (Å²) in [6.07, 6.45) is 7.74. The lowest BCUT2D eigenvalue weighted by atomic mass is 9.66. The molecule has 32 heavy (non-hydrogen) atoms. The Bertz CT molecular complexity index is 1250. The second-order valence-electron chi connectivity index (χ2n) is 8.61. The molecule has 0 saturated carbocycles. The van der Waals surface area contributed by atoms with Crippen molar-refractivity contribution >= 4 is 15.8 Å². The summed E-state index contributed by atoms with van der Waals surface area (Å²) in [4.78, 5) is 12.4. The number of aromatic nitrogens is 2. The van der Waals surface area contributed by atoms with E-state index >= 15 is 0 Å². The zero-order valence-corrected chi connectivity index (χ0v) is 18.5. The van der Waals surface area contributed by atoms with Gasteiger partial charge in [-0.15, -0.1) is 0 Å². The van der Waals surface area contributed by atoms with E-state index in [2.05, 4.69) is 17.2 Å². The van der Waals surface area contributed by atoms with Gasteiger partial charge in [0.05, 0.1) is 10.6 Å². The zero-order valence-electron chi connectivity index (χ0n) is 17.7. The van der Waals surface area contributed by atoms with Gasteiger partial charge in [0.15, 0.2) is 5.78 Å². The minimum Gasteiger partial charge on any atom is -0.295 e. The molecule has 2 aromatic carbocycles. The van der Waals surface area contributed by atoms with E-state index in [-0.39, 0.29) is 16.1 Å². The summed E-state index contributed by atoms with van der Waals surface area (Å²) in [6.45, 7) is 0.781. The molecule has 6 nitrogen and oxygen atoms in total. The van der Waals surface area contributed by atoms with Gasteiger partial charge in [0.1, 0.15) is 0 Å². The van der Waals surface area contributed by atoms with Gasteiger partial charge < -0.3 is 0 Å². The number of hydrogen-bond donors (Lipinski definition) is 0. The first-order chi connectivity index (χ1) is 15.5. The molecule has 1 aliphatic carbocycles. The van der Waals surface area contributed by atoms with Crippen molar-refractivity contribution in [2.24, 2.45) is 5.41 Å². The maximum atomic E-state index is 13.5. The van der Waals surface area contributed by atoms with Gasteiger partial charge in [0.25, 0.3) is 0 Å². The maximum absolute atomic E-state index is 13.5. The fraction of sp³-hybridized carbons (Fsp3) is 0.280. The van der Waals surface area contributed by atoms with Crippen LogP contribution in [0.15, 0.2) is 89.6 Å². The lowest BCUT2D eigenvalue weighted by Crippen LogP contribution is -2.49. The molecule has 5 rings (SSSR count). The van der Waals surface area contributed by atoms with Crippen molar-refractivity contribution in [3.8, 4) is 5.69 Å². The lowest BCUT2D eigenvalue weighted by Gasteiger charge is -2.46. The molecule has 0 radical (unpaired) electrons. The molecule has 1 fully saturated rings. The van der Waals surface area contributed by atoms with Crippen molar-refractivity contribution in [1.82, 2.24) is 14.1 Å². The lowest BCUT2D eigenvalue weighted by molar-refractivity contribution is -0.116. The number of allylic oxidation sites excluding steroid dienone is 1. The van der Waals surface area contributed by atoms with Gasteiger partial charge in [-0.1, -0.05) is 35.9 Å². The van der Waals surface area contributed by atoms with E-state index in [4.69, 9.17) is 0 Å². The smallest absolute Gasteiger partial charge is 0.243 e. The number of hydrogen-bond acceptors (Lipinski definition) is 4.